The molecular formula is C22H30N4O2. The summed E-state index contributed by atoms with van der Waals surface area (Å²) in [5.41, 5.74) is 2.27. The predicted molar refractivity (Wildman–Crippen MR) is 111 cm³/mol. The van der Waals surface area contributed by atoms with Crippen LogP contribution in [0, 0.1) is 6.92 Å². The number of hydrogen-bond donors (Lipinski definition) is 0. The lowest BCUT2D eigenvalue weighted by Gasteiger charge is -2.38. The van der Waals surface area contributed by atoms with Gasteiger partial charge in [0.15, 0.2) is 5.79 Å². The Morgan fingerprint density at radius 2 is 1.75 bits per heavy atom. The van der Waals surface area contributed by atoms with Crippen molar-refractivity contribution >= 4 is 11.8 Å². The molecule has 0 atom stereocenters. The van der Waals surface area contributed by atoms with Crippen molar-refractivity contribution < 1.29 is 9.47 Å². The van der Waals surface area contributed by atoms with E-state index in [4.69, 9.17) is 19.4 Å². The maximum absolute atomic E-state index is 5.85. The zero-order valence-electron chi connectivity index (χ0n) is 17.1. The predicted octanol–water partition coefficient (Wildman–Crippen LogP) is 3.54. The van der Waals surface area contributed by atoms with Crippen molar-refractivity contribution in [2.75, 3.05) is 36.1 Å². The van der Waals surface area contributed by atoms with Gasteiger partial charge in [0.2, 0.25) is 5.95 Å². The molecule has 2 aromatic rings. The molecule has 1 aromatic carbocycles. The fraction of sp³-hybridized carbons (Fsp3) is 0.545. The van der Waals surface area contributed by atoms with Crippen molar-refractivity contribution in [2.45, 2.75) is 52.0 Å². The average molecular weight is 383 g/mol. The molecule has 28 heavy (non-hydrogen) atoms. The summed E-state index contributed by atoms with van der Waals surface area (Å²) < 4.78 is 11.7. The second-order valence-corrected chi connectivity index (χ2v) is 7.97. The van der Waals surface area contributed by atoms with Gasteiger partial charge in [0.05, 0.1) is 13.2 Å². The molecule has 3 heterocycles. The number of ether oxygens (including phenoxy) is 2. The van der Waals surface area contributed by atoms with E-state index in [0.717, 1.165) is 49.9 Å². The molecule has 2 aliphatic rings. The van der Waals surface area contributed by atoms with Gasteiger partial charge in [-0.25, -0.2) is 4.98 Å². The molecule has 2 saturated heterocycles. The van der Waals surface area contributed by atoms with Crippen LogP contribution in [0.25, 0.3) is 0 Å². The smallest absolute Gasteiger partial charge is 0.227 e. The maximum Gasteiger partial charge on any atom is 0.227 e. The van der Waals surface area contributed by atoms with Crippen molar-refractivity contribution in [2.24, 2.45) is 0 Å². The summed E-state index contributed by atoms with van der Waals surface area (Å²) in [5, 5.41) is 0. The molecular weight excluding hydrogens is 352 g/mol. The van der Waals surface area contributed by atoms with Gasteiger partial charge in [-0.1, -0.05) is 30.3 Å². The van der Waals surface area contributed by atoms with Gasteiger partial charge in [0, 0.05) is 50.3 Å². The molecule has 6 nitrogen and oxygen atoms in total. The standard InChI is InChI=1S/C22H30N4O2/c1-17(2)26(16-19-7-5-4-6-8-19)20-15-18(3)23-21(24-20)25-11-9-22(10-12-25)27-13-14-28-22/h4-8,15,17H,9-14,16H2,1-3H3. The fourth-order valence-electron chi connectivity index (χ4n) is 3.97. The highest BCUT2D eigenvalue weighted by Crippen LogP contribution is 2.33. The Labute approximate surface area is 167 Å². The molecule has 150 valence electrons. The van der Waals surface area contributed by atoms with E-state index in [1.165, 1.54) is 5.56 Å². The molecule has 0 bridgehead atoms. The van der Waals surface area contributed by atoms with Gasteiger partial charge >= 0.3 is 0 Å². The molecule has 2 aliphatic heterocycles. The second-order valence-electron chi connectivity index (χ2n) is 7.97. The normalized spacial score (nSPS) is 18.8. The third-order valence-corrected chi connectivity index (χ3v) is 5.56. The zero-order chi connectivity index (χ0) is 19.6. The van der Waals surface area contributed by atoms with Gasteiger partial charge in [0.25, 0.3) is 0 Å². The molecule has 0 aliphatic carbocycles. The van der Waals surface area contributed by atoms with Crippen LogP contribution < -0.4 is 9.80 Å². The van der Waals surface area contributed by atoms with Crippen LogP contribution in [0.15, 0.2) is 36.4 Å². The van der Waals surface area contributed by atoms with Gasteiger partial charge in [0.1, 0.15) is 5.82 Å². The van der Waals surface area contributed by atoms with Crippen LogP contribution in [0.4, 0.5) is 11.8 Å². The minimum atomic E-state index is -0.375. The number of rotatable bonds is 5. The Balaban J connectivity index is 1.54. The number of aryl methyl sites for hydroxylation is 1. The molecule has 1 aromatic heterocycles. The zero-order valence-corrected chi connectivity index (χ0v) is 17.1. The minimum Gasteiger partial charge on any atom is -0.350 e. The summed E-state index contributed by atoms with van der Waals surface area (Å²) in [6.45, 7) is 10.4. The lowest BCUT2D eigenvalue weighted by atomic mass is 10.0. The summed E-state index contributed by atoms with van der Waals surface area (Å²) in [4.78, 5) is 14.3. The van der Waals surface area contributed by atoms with E-state index in [0.29, 0.717) is 19.3 Å². The largest absolute Gasteiger partial charge is 0.350 e. The van der Waals surface area contributed by atoms with Crippen LogP contribution in [-0.4, -0.2) is 48.1 Å². The van der Waals surface area contributed by atoms with Gasteiger partial charge in [-0.15, -0.1) is 0 Å². The first kappa shape index (κ1) is 19.2. The molecule has 1 spiro atoms. The SMILES string of the molecule is Cc1cc(N(Cc2ccccc2)C(C)C)nc(N2CCC3(CC2)OCCO3)n1. The molecule has 0 radical (unpaired) electrons. The van der Waals surface area contributed by atoms with E-state index < -0.39 is 0 Å². The van der Waals surface area contributed by atoms with Crippen molar-refractivity contribution in [3.8, 4) is 0 Å². The topological polar surface area (TPSA) is 50.7 Å². The monoisotopic (exact) mass is 382 g/mol. The van der Waals surface area contributed by atoms with Crippen LogP contribution >= 0.6 is 0 Å². The maximum atomic E-state index is 5.85. The Hall–Kier alpha value is -2.18. The first-order chi connectivity index (χ1) is 13.5. The summed E-state index contributed by atoms with van der Waals surface area (Å²) in [6.07, 6.45) is 1.72. The molecule has 0 saturated carbocycles. The highest BCUT2D eigenvalue weighted by atomic mass is 16.7. The highest BCUT2D eigenvalue weighted by molar-refractivity contribution is 5.47. The van der Waals surface area contributed by atoms with E-state index in [1.807, 2.05) is 6.92 Å². The van der Waals surface area contributed by atoms with Gasteiger partial charge in [-0.2, -0.15) is 4.98 Å². The van der Waals surface area contributed by atoms with Gasteiger partial charge < -0.3 is 19.3 Å². The summed E-state index contributed by atoms with van der Waals surface area (Å²) >= 11 is 0. The van der Waals surface area contributed by atoms with Crippen LogP contribution in [-0.2, 0) is 16.0 Å². The number of piperidine rings is 1. The Kier molecular flexibility index (Phi) is 5.51. The molecule has 4 rings (SSSR count). The van der Waals surface area contributed by atoms with E-state index in [2.05, 4.69) is 60.0 Å². The first-order valence-corrected chi connectivity index (χ1v) is 10.2. The lowest BCUT2D eigenvalue weighted by molar-refractivity contribution is -0.169. The van der Waals surface area contributed by atoms with Crippen LogP contribution in [0.2, 0.25) is 0 Å². The van der Waals surface area contributed by atoms with E-state index >= 15 is 0 Å². The summed E-state index contributed by atoms with van der Waals surface area (Å²) in [5.74, 6) is 1.41. The summed E-state index contributed by atoms with van der Waals surface area (Å²) in [7, 11) is 0. The third-order valence-electron chi connectivity index (χ3n) is 5.56. The van der Waals surface area contributed by atoms with Crippen LogP contribution in [0.5, 0.6) is 0 Å². The molecule has 0 N–H and O–H groups in total. The number of nitrogens with zero attached hydrogens (tertiary/aromatic N) is 4. The van der Waals surface area contributed by atoms with Crippen LogP contribution in [0.1, 0.15) is 37.9 Å². The van der Waals surface area contributed by atoms with Crippen molar-refractivity contribution in [3.05, 3.63) is 47.7 Å². The summed E-state index contributed by atoms with van der Waals surface area (Å²) in [6, 6.07) is 13.0. The molecule has 0 amide bonds. The Morgan fingerprint density at radius 1 is 1.07 bits per heavy atom. The Bertz CT molecular complexity index is 780. The number of aromatic nitrogens is 2. The van der Waals surface area contributed by atoms with Gasteiger partial charge in [-0.3, -0.25) is 0 Å². The number of anilines is 2. The molecule has 0 unspecified atom stereocenters. The van der Waals surface area contributed by atoms with Gasteiger partial charge in [-0.05, 0) is 26.3 Å². The first-order valence-electron chi connectivity index (χ1n) is 10.2. The quantitative estimate of drug-likeness (QED) is 0.788. The lowest BCUT2D eigenvalue weighted by Crippen LogP contribution is -2.46. The van der Waals surface area contributed by atoms with E-state index in [9.17, 15) is 0 Å². The molecule has 2 fully saturated rings. The van der Waals surface area contributed by atoms with Crippen molar-refractivity contribution in [1.82, 2.24) is 9.97 Å². The molecule has 6 heteroatoms. The van der Waals surface area contributed by atoms with Crippen molar-refractivity contribution in [3.63, 3.8) is 0 Å². The van der Waals surface area contributed by atoms with Crippen molar-refractivity contribution in [1.29, 1.82) is 0 Å². The fourth-order valence-corrected chi connectivity index (χ4v) is 3.97. The average Bonchev–Trinajstić information content (AvgIpc) is 3.14. The number of benzene rings is 1. The van der Waals surface area contributed by atoms with Crippen LogP contribution in [0.3, 0.4) is 0 Å². The highest BCUT2D eigenvalue weighted by Gasteiger charge is 2.40. The number of hydrogen-bond acceptors (Lipinski definition) is 6. The minimum absolute atomic E-state index is 0.340. The third kappa shape index (κ3) is 4.13. The van der Waals surface area contributed by atoms with E-state index in [1.54, 1.807) is 0 Å². The second kappa shape index (κ2) is 8.05. The Morgan fingerprint density at radius 3 is 2.39 bits per heavy atom. The van der Waals surface area contributed by atoms with E-state index in [-0.39, 0.29) is 5.79 Å².